The van der Waals surface area contributed by atoms with Crippen LogP contribution < -0.4 is 10.6 Å². The van der Waals surface area contributed by atoms with E-state index in [4.69, 9.17) is 5.11 Å². The molecule has 3 N–H and O–H groups in total. The van der Waals surface area contributed by atoms with E-state index in [0.717, 1.165) is 5.69 Å². The van der Waals surface area contributed by atoms with Crippen molar-refractivity contribution in [1.82, 2.24) is 5.32 Å². The molecule has 126 valence electrons. The summed E-state index contributed by atoms with van der Waals surface area (Å²) >= 11 is 0. The van der Waals surface area contributed by atoms with E-state index >= 15 is 0 Å². The van der Waals surface area contributed by atoms with Gasteiger partial charge in [0.25, 0.3) is 5.69 Å². The number of amides is 1. The van der Waals surface area contributed by atoms with Gasteiger partial charge in [0.05, 0.1) is 4.92 Å². The number of benzene rings is 1. The highest BCUT2D eigenvalue weighted by atomic mass is 16.6. The summed E-state index contributed by atoms with van der Waals surface area (Å²) in [6.07, 6.45) is 1.83. The number of nitro groups is 1. The fourth-order valence-corrected chi connectivity index (χ4v) is 2.00. The predicted octanol–water partition coefficient (Wildman–Crippen LogP) is 2.16. The number of carbonyl (C=O) groups excluding carboxylic acids is 1. The van der Waals surface area contributed by atoms with Crippen LogP contribution >= 0.6 is 0 Å². The number of carboxylic acid groups (broad SMARTS) is 1. The maximum Gasteiger partial charge on any atom is 0.326 e. The minimum Gasteiger partial charge on any atom is -0.480 e. The fraction of sp³-hybridized carbons (Fsp3) is 0.467. The van der Waals surface area contributed by atoms with E-state index < -0.39 is 16.9 Å². The third-order valence-electron chi connectivity index (χ3n) is 3.20. The van der Waals surface area contributed by atoms with Gasteiger partial charge in [-0.3, -0.25) is 14.9 Å². The lowest BCUT2D eigenvalue weighted by atomic mass is 10.1. The molecular formula is C15H21N3O5. The number of anilines is 1. The molecule has 0 bridgehead atoms. The maximum absolute atomic E-state index is 11.7. The Labute approximate surface area is 134 Å². The van der Waals surface area contributed by atoms with Gasteiger partial charge in [0.1, 0.15) is 6.04 Å². The van der Waals surface area contributed by atoms with Crippen molar-refractivity contribution >= 4 is 23.3 Å². The molecule has 0 saturated heterocycles. The van der Waals surface area contributed by atoms with Crippen LogP contribution in [0.25, 0.3) is 0 Å². The number of aliphatic carboxylic acids is 1. The number of nitrogens with one attached hydrogen (secondary N) is 2. The third-order valence-corrected chi connectivity index (χ3v) is 3.20. The third kappa shape index (κ3) is 6.77. The van der Waals surface area contributed by atoms with Gasteiger partial charge in [0, 0.05) is 30.8 Å². The van der Waals surface area contributed by atoms with E-state index in [1.54, 1.807) is 12.1 Å². The van der Waals surface area contributed by atoms with Gasteiger partial charge in [0.15, 0.2) is 0 Å². The molecule has 1 aromatic carbocycles. The van der Waals surface area contributed by atoms with Gasteiger partial charge in [-0.25, -0.2) is 4.79 Å². The van der Waals surface area contributed by atoms with Crippen LogP contribution in [0.2, 0.25) is 0 Å². The zero-order valence-electron chi connectivity index (χ0n) is 12.9. The van der Waals surface area contributed by atoms with Gasteiger partial charge < -0.3 is 15.7 Å². The fourth-order valence-electron chi connectivity index (χ4n) is 2.00. The van der Waals surface area contributed by atoms with Gasteiger partial charge in [-0.1, -0.05) is 13.3 Å². The van der Waals surface area contributed by atoms with Crippen molar-refractivity contribution in [2.75, 3.05) is 11.9 Å². The van der Waals surface area contributed by atoms with Gasteiger partial charge in [-0.15, -0.1) is 0 Å². The minimum atomic E-state index is -1.02. The van der Waals surface area contributed by atoms with Crippen molar-refractivity contribution in [2.45, 2.75) is 38.6 Å². The average molecular weight is 323 g/mol. The van der Waals surface area contributed by atoms with E-state index in [0.29, 0.717) is 25.8 Å². The monoisotopic (exact) mass is 323 g/mol. The molecular weight excluding hydrogens is 302 g/mol. The van der Waals surface area contributed by atoms with Crippen LogP contribution in [-0.4, -0.2) is 34.5 Å². The molecule has 0 radical (unpaired) electrons. The van der Waals surface area contributed by atoms with Crippen LogP contribution in [0.5, 0.6) is 0 Å². The lowest BCUT2D eigenvalue weighted by Gasteiger charge is -2.13. The van der Waals surface area contributed by atoms with E-state index in [1.165, 1.54) is 12.1 Å². The quantitative estimate of drug-likeness (QED) is 0.344. The molecule has 0 aliphatic rings. The van der Waals surface area contributed by atoms with Gasteiger partial charge in [-0.2, -0.15) is 0 Å². The maximum atomic E-state index is 11.7. The Morgan fingerprint density at radius 2 is 1.96 bits per heavy atom. The molecule has 0 fully saturated rings. The van der Waals surface area contributed by atoms with E-state index in [2.05, 4.69) is 10.6 Å². The molecule has 23 heavy (non-hydrogen) atoms. The second-order valence-electron chi connectivity index (χ2n) is 5.08. The normalized spacial score (nSPS) is 11.5. The van der Waals surface area contributed by atoms with Crippen LogP contribution in [0.15, 0.2) is 24.3 Å². The van der Waals surface area contributed by atoms with Crippen LogP contribution in [0, 0.1) is 10.1 Å². The standard InChI is InChI=1S/C15H21N3O5/c1-2-4-13(15(20)21)17-14(19)5-3-10-16-11-6-8-12(9-7-11)18(22)23/h6-9,13,16H,2-5,10H2,1H3,(H,17,19)(H,20,21). The predicted molar refractivity (Wildman–Crippen MR) is 85.3 cm³/mol. The number of nitro benzene ring substituents is 1. The molecule has 0 aliphatic heterocycles. The van der Waals surface area contributed by atoms with Gasteiger partial charge >= 0.3 is 5.97 Å². The smallest absolute Gasteiger partial charge is 0.326 e. The molecule has 1 rings (SSSR count). The molecule has 0 aromatic heterocycles. The van der Waals surface area contributed by atoms with E-state index in [9.17, 15) is 19.7 Å². The van der Waals surface area contributed by atoms with Crippen molar-refractivity contribution in [3.05, 3.63) is 34.4 Å². The Hall–Kier alpha value is -2.64. The first kappa shape index (κ1) is 18.4. The number of rotatable bonds is 10. The number of nitrogens with zero attached hydrogens (tertiary/aromatic N) is 1. The van der Waals surface area contributed by atoms with Crippen molar-refractivity contribution < 1.29 is 19.6 Å². The molecule has 1 unspecified atom stereocenters. The van der Waals surface area contributed by atoms with Gasteiger partial charge in [0.2, 0.25) is 5.91 Å². The largest absolute Gasteiger partial charge is 0.480 e. The number of hydrogen-bond donors (Lipinski definition) is 3. The summed E-state index contributed by atoms with van der Waals surface area (Å²) in [5.41, 5.74) is 0.746. The Morgan fingerprint density at radius 1 is 1.30 bits per heavy atom. The molecule has 0 spiro atoms. The molecule has 0 aliphatic carbocycles. The average Bonchev–Trinajstić information content (AvgIpc) is 2.51. The molecule has 0 saturated carbocycles. The summed E-state index contributed by atoms with van der Waals surface area (Å²) < 4.78 is 0. The summed E-state index contributed by atoms with van der Waals surface area (Å²) in [5, 5.41) is 25.0. The lowest BCUT2D eigenvalue weighted by Crippen LogP contribution is -2.40. The number of hydrogen-bond acceptors (Lipinski definition) is 5. The van der Waals surface area contributed by atoms with Crippen molar-refractivity contribution in [2.24, 2.45) is 0 Å². The van der Waals surface area contributed by atoms with Gasteiger partial charge in [-0.05, 0) is 25.0 Å². The summed E-state index contributed by atoms with van der Waals surface area (Å²) in [5.74, 6) is -1.32. The summed E-state index contributed by atoms with van der Waals surface area (Å²) in [6.45, 7) is 2.37. The number of carboxylic acids is 1. The van der Waals surface area contributed by atoms with Crippen LogP contribution in [-0.2, 0) is 9.59 Å². The molecule has 1 amide bonds. The lowest BCUT2D eigenvalue weighted by molar-refractivity contribution is -0.384. The molecule has 8 nitrogen and oxygen atoms in total. The molecule has 8 heteroatoms. The Kier molecular flexibility index (Phi) is 7.52. The molecule has 0 heterocycles. The Bertz CT molecular complexity index is 545. The number of non-ortho nitro benzene ring substituents is 1. The van der Waals surface area contributed by atoms with E-state index in [1.807, 2.05) is 6.92 Å². The highest BCUT2D eigenvalue weighted by Crippen LogP contribution is 2.15. The first-order chi connectivity index (χ1) is 10.9. The first-order valence-corrected chi connectivity index (χ1v) is 7.44. The first-order valence-electron chi connectivity index (χ1n) is 7.44. The summed E-state index contributed by atoms with van der Waals surface area (Å²) in [7, 11) is 0. The zero-order chi connectivity index (χ0) is 17.2. The van der Waals surface area contributed by atoms with Crippen molar-refractivity contribution in [3.8, 4) is 0 Å². The molecule has 1 aromatic rings. The van der Waals surface area contributed by atoms with Crippen molar-refractivity contribution in [3.63, 3.8) is 0 Å². The van der Waals surface area contributed by atoms with Crippen molar-refractivity contribution in [1.29, 1.82) is 0 Å². The summed E-state index contributed by atoms with van der Waals surface area (Å²) in [4.78, 5) is 32.7. The minimum absolute atomic E-state index is 0.0190. The van der Waals surface area contributed by atoms with E-state index in [-0.39, 0.29) is 18.0 Å². The zero-order valence-corrected chi connectivity index (χ0v) is 12.9. The molecule has 1 atom stereocenters. The Morgan fingerprint density at radius 3 is 2.48 bits per heavy atom. The second-order valence-corrected chi connectivity index (χ2v) is 5.08. The van der Waals surface area contributed by atoms with Crippen LogP contribution in [0.1, 0.15) is 32.6 Å². The highest BCUT2D eigenvalue weighted by molar-refractivity contribution is 5.83. The van der Waals surface area contributed by atoms with Crippen LogP contribution in [0.4, 0.5) is 11.4 Å². The SMILES string of the molecule is CCCC(NC(=O)CCCNc1ccc([N+](=O)[O-])cc1)C(=O)O. The topological polar surface area (TPSA) is 122 Å². The second kappa shape index (κ2) is 9.39. The van der Waals surface area contributed by atoms with Crippen LogP contribution in [0.3, 0.4) is 0 Å². The highest BCUT2D eigenvalue weighted by Gasteiger charge is 2.18. The Balaban J connectivity index is 2.29. The number of carbonyl (C=O) groups is 2. The summed E-state index contributed by atoms with van der Waals surface area (Å²) in [6, 6.07) is 5.16.